The molecular weight excluding hydrogens is 326 g/mol. The highest BCUT2D eigenvalue weighted by Crippen LogP contribution is 2.23. The lowest BCUT2D eigenvalue weighted by Crippen LogP contribution is -2.52. The van der Waals surface area contributed by atoms with Gasteiger partial charge >= 0.3 is 0 Å². The van der Waals surface area contributed by atoms with Crippen LogP contribution in [-0.2, 0) is 4.79 Å². The van der Waals surface area contributed by atoms with E-state index in [1.807, 2.05) is 17.0 Å². The van der Waals surface area contributed by atoms with Crippen molar-refractivity contribution in [3.05, 3.63) is 24.3 Å². The summed E-state index contributed by atoms with van der Waals surface area (Å²) in [5.74, 6) is 1.18. The number of rotatable bonds is 6. The lowest BCUT2D eigenvalue weighted by molar-refractivity contribution is -0.133. The molecule has 144 valence electrons. The molecule has 0 unspecified atom stereocenters. The first-order valence-electron chi connectivity index (χ1n) is 10.1. The number of likely N-dealkylation sites (N-methyl/N-ethyl adjacent to an activating group) is 1. The van der Waals surface area contributed by atoms with Crippen molar-refractivity contribution in [3.63, 3.8) is 0 Å². The predicted molar refractivity (Wildman–Crippen MR) is 106 cm³/mol. The number of carbonyl (C=O) groups is 1. The highest BCUT2D eigenvalue weighted by molar-refractivity contribution is 5.78. The number of hydrogen-bond acceptors (Lipinski definition) is 4. The van der Waals surface area contributed by atoms with Crippen LogP contribution in [-0.4, -0.2) is 68.1 Å². The number of benzene rings is 1. The van der Waals surface area contributed by atoms with Crippen LogP contribution in [0, 0.1) is 0 Å². The standard InChI is InChI=1S/C21H33N3O2/c1-3-22(18-7-5-4-6-8-18)17-21(25)24-15-13-23(14-16-24)19-9-11-20(26-2)12-10-19/h9-12,18H,3-8,13-17H2,1-2H3. The van der Waals surface area contributed by atoms with Gasteiger partial charge in [0.2, 0.25) is 5.91 Å². The number of piperazine rings is 1. The molecule has 26 heavy (non-hydrogen) atoms. The number of nitrogens with zero attached hydrogens (tertiary/aromatic N) is 3. The molecule has 1 aromatic rings. The molecule has 0 aromatic heterocycles. The zero-order chi connectivity index (χ0) is 18.4. The molecule has 0 radical (unpaired) electrons. The molecular formula is C21H33N3O2. The average Bonchev–Trinajstić information content (AvgIpc) is 2.72. The van der Waals surface area contributed by atoms with Gasteiger partial charge in [-0.15, -0.1) is 0 Å². The van der Waals surface area contributed by atoms with Gasteiger partial charge in [-0.05, 0) is 43.7 Å². The van der Waals surface area contributed by atoms with E-state index in [0.717, 1.165) is 38.5 Å². The molecule has 3 rings (SSSR count). The number of hydrogen-bond donors (Lipinski definition) is 0. The number of anilines is 1. The van der Waals surface area contributed by atoms with Crippen LogP contribution in [0.1, 0.15) is 39.0 Å². The van der Waals surface area contributed by atoms with Crippen LogP contribution in [0.4, 0.5) is 5.69 Å². The minimum Gasteiger partial charge on any atom is -0.497 e. The topological polar surface area (TPSA) is 36.0 Å². The second-order valence-electron chi connectivity index (χ2n) is 7.42. The Balaban J connectivity index is 1.49. The molecule has 1 aliphatic carbocycles. The molecule has 2 fully saturated rings. The Labute approximate surface area is 157 Å². The molecule has 0 bridgehead atoms. The third-order valence-corrected chi connectivity index (χ3v) is 5.91. The van der Waals surface area contributed by atoms with E-state index < -0.39 is 0 Å². The summed E-state index contributed by atoms with van der Waals surface area (Å²) in [5.41, 5.74) is 1.20. The van der Waals surface area contributed by atoms with Gasteiger partial charge in [-0.25, -0.2) is 0 Å². The van der Waals surface area contributed by atoms with Crippen LogP contribution in [0.2, 0.25) is 0 Å². The molecule has 0 N–H and O–H groups in total. The van der Waals surface area contributed by atoms with Crippen molar-refractivity contribution >= 4 is 11.6 Å². The summed E-state index contributed by atoms with van der Waals surface area (Å²) in [7, 11) is 1.69. The van der Waals surface area contributed by atoms with Gasteiger partial charge in [-0.3, -0.25) is 9.69 Å². The highest BCUT2D eigenvalue weighted by Gasteiger charge is 2.26. The maximum atomic E-state index is 12.8. The van der Waals surface area contributed by atoms with E-state index >= 15 is 0 Å². The number of ether oxygens (including phenoxy) is 1. The fraction of sp³-hybridized carbons (Fsp3) is 0.667. The molecule has 1 saturated carbocycles. The van der Waals surface area contributed by atoms with Crippen molar-refractivity contribution in [3.8, 4) is 5.75 Å². The minimum absolute atomic E-state index is 0.298. The summed E-state index contributed by atoms with van der Waals surface area (Å²) in [6, 6.07) is 8.79. The van der Waals surface area contributed by atoms with Gasteiger partial charge in [0.15, 0.2) is 0 Å². The Kier molecular flexibility index (Phi) is 6.78. The van der Waals surface area contributed by atoms with Crippen molar-refractivity contribution in [1.29, 1.82) is 0 Å². The zero-order valence-electron chi connectivity index (χ0n) is 16.3. The van der Waals surface area contributed by atoms with Crippen molar-refractivity contribution in [2.45, 2.75) is 45.1 Å². The van der Waals surface area contributed by atoms with E-state index in [0.29, 0.717) is 18.5 Å². The molecule has 1 heterocycles. The van der Waals surface area contributed by atoms with Crippen molar-refractivity contribution in [2.75, 3.05) is 51.3 Å². The normalized spacial score (nSPS) is 19.0. The monoisotopic (exact) mass is 359 g/mol. The van der Waals surface area contributed by atoms with Gasteiger partial charge in [-0.1, -0.05) is 26.2 Å². The van der Waals surface area contributed by atoms with Gasteiger partial charge in [0.05, 0.1) is 13.7 Å². The molecule has 5 heteroatoms. The zero-order valence-corrected chi connectivity index (χ0v) is 16.3. The summed E-state index contributed by atoms with van der Waals surface area (Å²) in [6.45, 7) is 7.16. The molecule has 1 amide bonds. The molecule has 5 nitrogen and oxygen atoms in total. The Morgan fingerprint density at radius 2 is 1.73 bits per heavy atom. The van der Waals surface area contributed by atoms with Crippen LogP contribution in [0.3, 0.4) is 0 Å². The van der Waals surface area contributed by atoms with E-state index in [9.17, 15) is 4.79 Å². The molecule has 0 spiro atoms. The quantitative estimate of drug-likeness (QED) is 0.782. The first-order chi connectivity index (χ1) is 12.7. The highest BCUT2D eigenvalue weighted by atomic mass is 16.5. The fourth-order valence-electron chi connectivity index (χ4n) is 4.23. The molecule has 1 saturated heterocycles. The summed E-state index contributed by atoms with van der Waals surface area (Å²) in [4.78, 5) is 19.6. The third-order valence-electron chi connectivity index (χ3n) is 5.91. The van der Waals surface area contributed by atoms with Crippen LogP contribution in [0.5, 0.6) is 5.75 Å². The number of carbonyl (C=O) groups excluding carboxylic acids is 1. The van der Waals surface area contributed by atoms with Crippen LogP contribution in [0.25, 0.3) is 0 Å². The van der Waals surface area contributed by atoms with E-state index in [4.69, 9.17) is 4.74 Å². The molecule has 1 aliphatic heterocycles. The van der Waals surface area contributed by atoms with Crippen LogP contribution >= 0.6 is 0 Å². The van der Waals surface area contributed by atoms with E-state index in [-0.39, 0.29) is 0 Å². The summed E-state index contributed by atoms with van der Waals surface area (Å²) >= 11 is 0. The average molecular weight is 360 g/mol. The largest absolute Gasteiger partial charge is 0.497 e. The van der Waals surface area contributed by atoms with Gasteiger partial charge in [0.1, 0.15) is 5.75 Å². The van der Waals surface area contributed by atoms with Crippen LogP contribution < -0.4 is 9.64 Å². The van der Waals surface area contributed by atoms with Crippen molar-refractivity contribution in [2.24, 2.45) is 0 Å². The summed E-state index contributed by atoms with van der Waals surface area (Å²) < 4.78 is 5.23. The SMILES string of the molecule is CCN(CC(=O)N1CCN(c2ccc(OC)cc2)CC1)C1CCCCC1. The number of amides is 1. The van der Waals surface area contributed by atoms with E-state index in [1.54, 1.807) is 7.11 Å². The van der Waals surface area contributed by atoms with Gasteiger partial charge in [0.25, 0.3) is 0 Å². The van der Waals surface area contributed by atoms with E-state index in [1.165, 1.54) is 37.8 Å². The van der Waals surface area contributed by atoms with Crippen molar-refractivity contribution < 1.29 is 9.53 Å². The predicted octanol–water partition coefficient (Wildman–Crippen LogP) is 3.00. The summed E-state index contributed by atoms with van der Waals surface area (Å²) in [5, 5.41) is 0. The summed E-state index contributed by atoms with van der Waals surface area (Å²) in [6.07, 6.45) is 6.50. The second kappa shape index (κ2) is 9.26. The minimum atomic E-state index is 0.298. The Morgan fingerprint density at radius 1 is 1.08 bits per heavy atom. The molecule has 0 atom stereocenters. The lowest BCUT2D eigenvalue weighted by Gasteiger charge is -2.38. The number of methoxy groups -OCH3 is 1. The van der Waals surface area contributed by atoms with Crippen LogP contribution in [0.15, 0.2) is 24.3 Å². The van der Waals surface area contributed by atoms with Gasteiger partial charge in [-0.2, -0.15) is 0 Å². The molecule has 2 aliphatic rings. The maximum Gasteiger partial charge on any atom is 0.236 e. The molecule has 1 aromatic carbocycles. The Bertz CT molecular complexity index is 561. The first-order valence-corrected chi connectivity index (χ1v) is 10.1. The third kappa shape index (κ3) is 4.70. The Hall–Kier alpha value is -1.75. The lowest BCUT2D eigenvalue weighted by atomic mass is 9.94. The first kappa shape index (κ1) is 19.0. The van der Waals surface area contributed by atoms with Gasteiger partial charge in [0, 0.05) is 37.9 Å². The smallest absolute Gasteiger partial charge is 0.236 e. The Morgan fingerprint density at radius 3 is 2.31 bits per heavy atom. The van der Waals surface area contributed by atoms with Crippen molar-refractivity contribution in [1.82, 2.24) is 9.80 Å². The fourth-order valence-corrected chi connectivity index (χ4v) is 4.23. The van der Waals surface area contributed by atoms with Gasteiger partial charge < -0.3 is 14.5 Å². The second-order valence-corrected chi connectivity index (χ2v) is 7.42. The maximum absolute atomic E-state index is 12.8. The van der Waals surface area contributed by atoms with E-state index in [2.05, 4.69) is 28.9 Å².